The van der Waals surface area contributed by atoms with Crippen LogP contribution < -0.4 is 0 Å². The molecule has 0 heterocycles. The summed E-state index contributed by atoms with van der Waals surface area (Å²) >= 11 is 0. The topological polar surface area (TPSA) is 0 Å². The third-order valence-electron chi connectivity index (χ3n) is 2.29. The summed E-state index contributed by atoms with van der Waals surface area (Å²) in [5.74, 6) is 0. The van der Waals surface area contributed by atoms with Crippen molar-refractivity contribution in [3.8, 4) is 0 Å². The van der Waals surface area contributed by atoms with Crippen molar-refractivity contribution in [1.82, 2.24) is 0 Å². The van der Waals surface area contributed by atoms with E-state index in [-0.39, 0.29) is 0 Å². The molecular formula is C13H20. The smallest absolute Gasteiger partial charge is 0.0313 e. The van der Waals surface area contributed by atoms with Crippen LogP contribution in [-0.4, -0.2) is 0 Å². The predicted octanol–water partition coefficient (Wildman–Crippen LogP) is 4.40. The molecule has 0 unspecified atom stereocenters. The third-order valence-corrected chi connectivity index (χ3v) is 2.29. The summed E-state index contributed by atoms with van der Waals surface area (Å²) in [5.41, 5.74) is 0. The Hall–Kier alpha value is -0.780. The molecule has 0 aromatic heterocycles. The van der Waals surface area contributed by atoms with Crippen LogP contribution in [-0.2, 0) is 0 Å². The maximum atomic E-state index is 2.33. The average molecular weight is 176 g/mol. The monoisotopic (exact) mass is 176 g/mol. The Morgan fingerprint density at radius 1 is 0.462 bits per heavy atom. The SMILES string of the molecule is C1=C\CC/C=C/CCCCC/C=C/1. The molecule has 0 amide bonds. The van der Waals surface area contributed by atoms with Crippen molar-refractivity contribution in [2.45, 2.75) is 44.9 Å². The zero-order valence-electron chi connectivity index (χ0n) is 8.41. The minimum absolute atomic E-state index is 1.18. The molecule has 0 atom stereocenters. The number of rotatable bonds is 0. The van der Waals surface area contributed by atoms with Crippen molar-refractivity contribution >= 4 is 0 Å². The summed E-state index contributed by atoms with van der Waals surface area (Å²) in [6.45, 7) is 0. The van der Waals surface area contributed by atoms with Gasteiger partial charge in [-0.2, -0.15) is 0 Å². The molecule has 0 N–H and O–H groups in total. The molecule has 0 radical (unpaired) electrons. The van der Waals surface area contributed by atoms with Gasteiger partial charge in [0.2, 0.25) is 0 Å². The molecule has 1 aliphatic rings. The van der Waals surface area contributed by atoms with E-state index < -0.39 is 0 Å². The Balaban J connectivity index is 2.28. The van der Waals surface area contributed by atoms with Crippen molar-refractivity contribution < 1.29 is 0 Å². The lowest BCUT2D eigenvalue weighted by Crippen LogP contribution is -1.74. The normalized spacial score (nSPS) is 27.7. The van der Waals surface area contributed by atoms with E-state index in [0.717, 1.165) is 0 Å². The lowest BCUT2D eigenvalue weighted by molar-refractivity contribution is 0.695. The van der Waals surface area contributed by atoms with Gasteiger partial charge in [0.15, 0.2) is 0 Å². The molecule has 0 saturated carbocycles. The first-order valence-corrected chi connectivity index (χ1v) is 5.47. The van der Waals surface area contributed by atoms with Gasteiger partial charge in [-0.3, -0.25) is 0 Å². The van der Waals surface area contributed by atoms with Crippen LogP contribution in [0.25, 0.3) is 0 Å². The van der Waals surface area contributed by atoms with Crippen molar-refractivity contribution in [1.29, 1.82) is 0 Å². The van der Waals surface area contributed by atoms with Crippen molar-refractivity contribution in [2.75, 3.05) is 0 Å². The van der Waals surface area contributed by atoms with Crippen LogP contribution in [0, 0.1) is 0 Å². The van der Waals surface area contributed by atoms with E-state index in [4.69, 9.17) is 0 Å². The van der Waals surface area contributed by atoms with Gasteiger partial charge in [-0.25, -0.2) is 0 Å². The first kappa shape index (κ1) is 10.3. The lowest BCUT2D eigenvalue weighted by Gasteiger charge is -1.94. The number of hydrogen-bond acceptors (Lipinski definition) is 0. The minimum atomic E-state index is 1.18. The zero-order chi connectivity index (χ0) is 9.19. The summed E-state index contributed by atoms with van der Waals surface area (Å²) in [7, 11) is 0. The highest BCUT2D eigenvalue weighted by molar-refractivity contribution is 5.03. The van der Waals surface area contributed by atoms with Crippen LogP contribution in [0.2, 0.25) is 0 Å². The fourth-order valence-electron chi connectivity index (χ4n) is 1.48. The second kappa shape index (κ2) is 7.85. The van der Waals surface area contributed by atoms with Gasteiger partial charge >= 0.3 is 0 Å². The summed E-state index contributed by atoms with van der Waals surface area (Å²) in [5, 5.41) is 0. The third kappa shape index (κ3) is 6.39. The second-order valence-electron chi connectivity index (χ2n) is 3.54. The van der Waals surface area contributed by atoms with Crippen LogP contribution >= 0.6 is 0 Å². The molecule has 0 aromatic carbocycles. The first-order valence-electron chi connectivity index (χ1n) is 5.47. The fraction of sp³-hybridized carbons (Fsp3) is 0.538. The summed E-state index contributed by atoms with van der Waals surface area (Å²) in [4.78, 5) is 0. The van der Waals surface area contributed by atoms with E-state index in [9.17, 15) is 0 Å². The van der Waals surface area contributed by atoms with Gasteiger partial charge in [0.1, 0.15) is 0 Å². The highest BCUT2D eigenvalue weighted by Gasteiger charge is 1.86. The van der Waals surface area contributed by atoms with Gasteiger partial charge in [-0.15, -0.1) is 0 Å². The van der Waals surface area contributed by atoms with Gasteiger partial charge in [0.05, 0.1) is 0 Å². The Morgan fingerprint density at radius 3 is 1.85 bits per heavy atom. The molecule has 13 heavy (non-hydrogen) atoms. The van der Waals surface area contributed by atoms with Crippen molar-refractivity contribution in [3.63, 3.8) is 0 Å². The molecule has 1 rings (SSSR count). The molecule has 0 bridgehead atoms. The minimum Gasteiger partial charge on any atom is -0.0885 e. The highest BCUT2D eigenvalue weighted by Crippen LogP contribution is 2.06. The Morgan fingerprint density at radius 2 is 1.00 bits per heavy atom. The average Bonchev–Trinajstić information content (AvgIpc) is 2.18. The largest absolute Gasteiger partial charge is 0.0885 e. The van der Waals surface area contributed by atoms with E-state index in [2.05, 4.69) is 36.5 Å². The maximum absolute atomic E-state index is 2.33. The summed E-state index contributed by atoms with van der Waals surface area (Å²) in [6.07, 6.45) is 22.5. The zero-order valence-corrected chi connectivity index (χ0v) is 8.41. The van der Waals surface area contributed by atoms with Crippen LogP contribution in [0.15, 0.2) is 36.5 Å². The van der Waals surface area contributed by atoms with Gasteiger partial charge < -0.3 is 0 Å². The molecule has 0 nitrogen and oxygen atoms in total. The van der Waals surface area contributed by atoms with E-state index in [1.165, 1.54) is 44.9 Å². The molecule has 0 fully saturated rings. The maximum Gasteiger partial charge on any atom is -0.0313 e. The molecular weight excluding hydrogens is 156 g/mol. The molecule has 0 spiro atoms. The van der Waals surface area contributed by atoms with E-state index in [0.29, 0.717) is 0 Å². The van der Waals surface area contributed by atoms with E-state index >= 15 is 0 Å². The van der Waals surface area contributed by atoms with E-state index in [1.54, 1.807) is 0 Å². The lowest BCUT2D eigenvalue weighted by atomic mass is 10.1. The summed E-state index contributed by atoms with van der Waals surface area (Å²) in [6, 6.07) is 0. The quantitative estimate of drug-likeness (QED) is 0.480. The van der Waals surface area contributed by atoms with Gasteiger partial charge in [-0.1, -0.05) is 42.9 Å². The Bertz CT molecular complexity index is 184. The van der Waals surface area contributed by atoms with Gasteiger partial charge in [-0.05, 0) is 38.5 Å². The number of hydrogen-bond donors (Lipinski definition) is 0. The first-order chi connectivity index (χ1) is 6.50. The van der Waals surface area contributed by atoms with Crippen LogP contribution in [0.1, 0.15) is 44.9 Å². The molecule has 0 aromatic rings. The Labute approximate surface area is 82.0 Å². The predicted molar refractivity (Wildman–Crippen MR) is 59.7 cm³/mol. The van der Waals surface area contributed by atoms with Crippen LogP contribution in [0.3, 0.4) is 0 Å². The second-order valence-corrected chi connectivity index (χ2v) is 3.54. The molecule has 0 aliphatic heterocycles. The molecule has 0 saturated heterocycles. The molecule has 72 valence electrons. The standard InChI is InChI=1S/C13H20/c1-2-4-6-8-10-12-13-11-9-7-5-3-1/h1-4,9,11H,5-8,10,12-13H2/b3-1-,4-2+,11-9+. The van der Waals surface area contributed by atoms with Crippen LogP contribution in [0.5, 0.6) is 0 Å². The van der Waals surface area contributed by atoms with Crippen molar-refractivity contribution in [2.24, 2.45) is 0 Å². The molecule has 0 heteroatoms. The van der Waals surface area contributed by atoms with Crippen molar-refractivity contribution in [3.05, 3.63) is 36.5 Å². The Kier molecular flexibility index (Phi) is 6.22. The fourth-order valence-corrected chi connectivity index (χ4v) is 1.48. The number of allylic oxidation sites excluding steroid dienone is 6. The van der Waals surface area contributed by atoms with Crippen LogP contribution in [0.4, 0.5) is 0 Å². The van der Waals surface area contributed by atoms with Gasteiger partial charge in [0.25, 0.3) is 0 Å². The van der Waals surface area contributed by atoms with Gasteiger partial charge in [0, 0.05) is 0 Å². The summed E-state index contributed by atoms with van der Waals surface area (Å²) < 4.78 is 0. The van der Waals surface area contributed by atoms with E-state index in [1.807, 2.05) is 0 Å². The highest BCUT2D eigenvalue weighted by atomic mass is 13.9. The molecule has 1 aliphatic carbocycles.